The van der Waals surface area contributed by atoms with Crippen LogP contribution in [-0.2, 0) is 16.0 Å². The number of aryl methyl sites for hydroxylation is 1. The Kier molecular flexibility index (Phi) is 5.41. The molecule has 6 nitrogen and oxygen atoms in total. The summed E-state index contributed by atoms with van der Waals surface area (Å²) in [5.41, 5.74) is 1.89. The van der Waals surface area contributed by atoms with Crippen LogP contribution in [0, 0.1) is 0 Å². The number of aromatic amines is 1. The van der Waals surface area contributed by atoms with Crippen LogP contribution >= 0.6 is 0 Å². The Balaban J connectivity index is 2.06. The molecule has 2 rings (SSSR count). The third-order valence-corrected chi connectivity index (χ3v) is 3.29. The first-order valence-corrected chi connectivity index (χ1v) is 7.26. The van der Waals surface area contributed by atoms with E-state index < -0.39 is 6.09 Å². The molecule has 0 unspecified atom stereocenters. The second-order valence-corrected chi connectivity index (χ2v) is 4.91. The van der Waals surface area contributed by atoms with Crippen LogP contribution in [-0.4, -0.2) is 30.7 Å². The van der Waals surface area contributed by atoms with Crippen molar-refractivity contribution in [2.45, 2.75) is 26.2 Å². The van der Waals surface area contributed by atoms with E-state index in [1.165, 1.54) is 7.11 Å². The zero-order valence-electron chi connectivity index (χ0n) is 12.8. The number of carbonyl (C=O) groups excluding carboxylic acids is 2. The van der Waals surface area contributed by atoms with Gasteiger partial charge in [-0.05, 0) is 30.5 Å². The van der Waals surface area contributed by atoms with Crippen LogP contribution in [0.5, 0.6) is 5.75 Å². The second kappa shape index (κ2) is 7.49. The molecule has 1 heterocycles. The zero-order chi connectivity index (χ0) is 15.9. The molecule has 0 saturated carbocycles. The van der Waals surface area contributed by atoms with E-state index in [-0.39, 0.29) is 5.97 Å². The van der Waals surface area contributed by atoms with Crippen molar-refractivity contribution in [2.24, 2.45) is 0 Å². The summed E-state index contributed by atoms with van der Waals surface area (Å²) in [4.78, 5) is 25.9. The number of esters is 1. The average molecular weight is 304 g/mol. The number of hydrogen-bond acceptors (Lipinski definition) is 4. The number of methoxy groups -OCH3 is 1. The smallest absolute Gasteiger partial charge is 0.412 e. The Morgan fingerprint density at radius 1 is 1.32 bits per heavy atom. The van der Waals surface area contributed by atoms with Crippen LogP contribution in [0.25, 0.3) is 10.9 Å². The standard InChI is InChI=1S/C16H20N2O4/c1-3-8-17-16(20)22-12-5-6-13-11(4-7-15(19)21-2)10-18-14(13)9-12/h5-6,9-10,18H,3-4,7-8H2,1-2H3,(H,17,20). The highest BCUT2D eigenvalue weighted by Crippen LogP contribution is 2.24. The van der Waals surface area contributed by atoms with Gasteiger partial charge in [0.1, 0.15) is 5.75 Å². The van der Waals surface area contributed by atoms with E-state index in [1.807, 2.05) is 19.2 Å². The van der Waals surface area contributed by atoms with Gasteiger partial charge < -0.3 is 19.8 Å². The first-order chi connectivity index (χ1) is 10.6. The molecular weight excluding hydrogens is 284 g/mol. The third-order valence-electron chi connectivity index (χ3n) is 3.29. The van der Waals surface area contributed by atoms with Crippen LogP contribution in [0.4, 0.5) is 4.79 Å². The van der Waals surface area contributed by atoms with Crippen molar-refractivity contribution in [3.05, 3.63) is 30.0 Å². The van der Waals surface area contributed by atoms with E-state index in [0.717, 1.165) is 22.9 Å². The van der Waals surface area contributed by atoms with Crippen LogP contribution in [0.3, 0.4) is 0 Å². The number of fused-ring (bicyclic) bond motifs is 1. The number of benzene rings is 1. The predicted molar refractivity (Wildman–Crippen MR) is 83.0 cm³/mol. The number of ether oxygens (including phenoxy) is 2. The topological polar surface area (TPSA) is 80.4 Å². The number of carbonyl (C=O) groups is 2. The maximum Gasteiger partial charge on any atom is 0.412 e. The van der Waals surface area contributed by atoms with Gasteiger partial charge >= 0.3 is 12.1 Å². The van der Waals surface area contributed by atoms with Crippen molar-refractivity contribution in [1.29, 1.82) is 0 Å². The van der Waals surface area contributed by atoms with Gasteiger partial charge in [0.15, 0.2) is 0 Å². The third kappa shape index (κ3) is 4.00. The molecule has 1 aromatic carbocycles. The lowest BCUT2D eigenvalue weighted by atomic mass is 10.1. The first-order valence-electron chi connectivity index (χ1n) is 7.26. The minimum absolute atomic E-state index is 0.234. The van der Waals surface area contributed by atoms with Crippen molar-refractivity contribution in [2.75, 3.05) is 13.7 Å². The molecule has 0 spiro atoms. The Morgan fingerprint density at radius 2 is 2.14 bits per heavy atom. The van der Waals surface area contributed by atoms with E-state index in [9.17, 15) is 9.59 Å². The van der Waals surface area contributed by atoms with Crippen molar-refractivity contribution in [1.82, 2.24) is 10.3 Å². The molecule has 22 heavy (non-hydrogen) atoms. The zero-order valence-corrected chi connectivity index (χ0v) is 12.8. The lowest BCUT2D eigenvalue weighted by Crippen LogP contribution is -2.27. The van der Waals surface area contributed by atoms with Gasteiger partial charge in [-0.15, -0.1) is 0 Å². The number of H-pyrrole nitrogens is 1. The maximum absolute atomic E-state index is 11.5. The molecule has 118 valence electrons. The molecule has 0 aliphatic carbocycles. The molecule has 1 aromatic heterocycles. The number of amides is 1. The molecule has 0 atom stereocenters. The fraction of sp³-hybridized carbons (Fsp3) is 0.375. The Hall–Kier alpha value is -2.50. The van der Waals surface area contributed by atoms with Crippen LogP contribution in [0.2, 0.25) is 0 Å². The second-order valence-electron chi connectivity index (χ2n) is 4.91. The Morgan fingerprint density at radius 3 is 2.86 bits per heavy atom. The number of rotatable bonds is 6. The largest absolute Gasteiger partial charge is 0.469 e. The highest BCUT2D eigenvalue weighted by atomic mass is 16.6. The summed E-state index contributed by atoms with van der Waals surface area (Å²) >= 11 is 0. The van der Waals surface area contributed by atoms with Gasteiger partial charge in [0.2, 0.25) is 0 Å². The van der Waals surface area contributed by atoms with E-state index in [1.54, 1.807) is 12.1 Å². The Bertz CT molecular complexity index is 663. The average Bonchev–Trinajstić information content (AvgIpc) is 2.92. The Labute approximate surface area is 128 Å². The summed E-state index contributed by atoms with van der Waals surface area (Å²) in [5.74, 6) is 0.240. The van der Waals surface area contributed by atoms with Gasteiger partial charge in [-0.3, -0.25) is 4.79 Å². The summed E-state index contributed by atoms with van der Waals surface area (Å²) < 4.78 is 9.85. The quantitative estimate of drug-likeness (QED) is 0.804. The minimum Gasteiger partial charge on any atom is -0.469 e. The molecule has 1 amide bonds. The molecule has 0 fully saturated rings. The SMILES string of the molecule is CCCNC(=O)Oc1ccc2c(CCC(=O)OC)c[nH]c2c1. The summed E-state index contributed by atoms with van der Waals surface area (Å²) in [6.07, 6.45) is 3.19. The van der Waals surface area contributed by atoms with Crippen molar-refractivity contribution in [3.8, 4) is 5.75 Å². The number of hydrogen-bond donors (Lipinski definition) is 2. The highest BCUT2D eigenvalue weighted by Gasteiger charge is 2.09. The normalized spacial score (nSPS) is 10.5. The monoisotopic (exact) mass is 304 g/mol. The summed E-state index contributed by atoms with van der Waals surface area (Å²) in [5, 5.41) is 3.66. The lowest BCUT2D eigenvalue weighted by Gasteiger charge is -2.06. The van der Waals surface area contributed by atoms with E-state index in [2.05, 4.69) is 15.0 Å². The van der Waals surface area contributed by atoms with E-state index in [4.69, 9.17) is 4.74 Å². The molecule has 6 heteroatoms. The first kappa shape index (κ1) is 15.9. The minimum atomic E-state index is -0.460. The summed E-state index contributed by atoms with van der Waals surface area (Å²) in [6.45, 7) is 2.56. The number of aromatic nitrogens is 1. The fourth-order valence-electron chi connectivity index (χ4n) is 2.14. The molecule has 0 aliphatic rings. The van der Waals surface area contributed by atoms with Gasteiger partial charge in [-0.1, -0.05) is 6.92 Å². The van der Waals surface area contributed by atoms with Gasteiger partial charge in [-0.2, -0.15) is 0 Å². The van der Waals surface area contributed by atoms with Gasteiger partial charge in [-0.25, -0.2) is 4.79 Å². The lowest BCUT2D eigenvalue weighted by molar-refractivity contribution is -0.140. The van der Waals surface area contributed by atoms with Crippen LogP contribution in [0.1, 0.15) is 25.3 Å². The summed E-state index contributed by atoms with van der Waals surface area (Å²) in [7, 11) is 1.38. The van der Waals surface area contributed by atoms with Gasteiger partial charge in [0.25, 0.3) is 0 Å². The van der Waals surface area contributed by atoms with Crippen LogP contribution in [0.15, 0.2) is 24.4 Å². The van der Waals surface area contributed by atoms with Crippen molar-refractivity contribution in [3.63, 3.8) is 0 Å². The molecule has 2 aromatic rings. The maximum atomic E-state index is 11.5. The van der Waals surface area contributed by atoms with Crippen LogP contribution < -0.4 is 10.1 Å². The molecule has 0 aliphatic heterocycles. The molecule has 0 bridgehead atoms. The molecule has 0 radical (unpaired) electrons. The molecule has 2 N–H and O–H groups in total. The van der Waals surface area contributed by atoms with E-state index >= 15 is 0 Å². The predicted octanol–water partition coefficient (Wildman–Crippen LogP) is 2.77. The van der Waals surface area contributed by atoms with Gasteiger partial charge in [0, 0.05) is 36.1 Å². The molecule has 0 saturated heterocycles. The van der Waals surface area contributed by atoms with Gasteiger partial charge in [0.05, 0.1) is 7.11 Å². The van der Waals surface area contributed by atoms with E-state index in [0.29, 0.717) is 25.1 Å². The van der Waals surface area contributed by atoms with Crippen molar-refractivity contribution >= 4 is 23.0 Å². The number of nitrogens with one attached hydrogen (secondary N) is 2. The van der Waals surface area contributed by atoms with Crippen molar-refractivity contribution < 1.29 is 19.1 Å². The molecular formula is C16H20N2O4. The highest BCUT2D eigenvalue weighted by molar-refractivity contribution is 5.85. The summed E-state index contributed by atoms with van der Waals surface area (Å²) in [6, 6.07) is 5.38. The fourth-order valence-corrected chi connectivity index (χ4v) is 2.14.